The zero-order chi connectivity index (χ0) is 19.8. The van der Waals surface area contributed by atoms with E-state index >= 15 is 0 Å². The Hall–Kier alpha value is -3.06. The van der Waals surface area contributed by atoms with E-state index < -0.39 is 0 Å². The summed E-state index contributed by atoms with van der Waals surface area (Å²) in [7, 11) is 0. The van der Waals surface area contributed by atoms with E-state index in [-0.39, 0.29) is 43.2 Å². The van der Waals surface area contributed by atoms with Crippen LogP contribution in [-0.4, -0.2) is 41.6 Å². The molecule has 0 spiro atoms. The van der Waals surface area contributed by atoms with Crippen LogP contribution in [0.4, 0.5) is 4.79 Å². The highest BCUT2D eigenvalue weighted by atomic mass is 32.2. The van der Waals surface area contributed by atoms with Crippen molar-refractivity contribution in [3.63, 3.8) is 0 Å². The summed E-state index contributed by atoms with van der Waals surface area (Å²) >= 11 is 0.913. The van der Waals surface area contributed by atoms with E-state index in [1.165, 1.54) is 0 Å². The fourth-order valence-electron chi connectivity index (χ4n) is 2.57. The van der Waals surface area contributed by atoms with Crippen LogP contribution in [0.1, 0.15) is 12.0 Å². The largest absolute Gasteiger partial charge is 0.493 e. The van der Waals surface area contributed by atoms with Gasteiger partial charge >= 0.3 is 0 Å². The maximum Gasteiger partial charge on any atom is 0.293 e. The summed E-state index contributed by atoms with van der Waals surface area (Å²) in [6.45, 7) is 0.611. The molecule has 3 rings (SSSR count). The van der Waals surface area contributed by atoms with Crippen molar-refractivity contribution in [1.82, 2.24) is 10.2 Å². The molecule has 0 aliphatic carbocycles. The molecule has 1 aliphatic rings. The van der Waals surface area contributed by atoms with Gasteiger partial charge in [-0.1, -0.05) is 48.5 Å². The summed E-state index contributed by atoms with van der Waals surface area (Å²) < 4.78 is 5.47. The number of thioether (sulfide) groups is 1. The summed E-state index contributed by atoms with van der Waals surface area (Å²) in [5, 5.41) is 2.38. The predicted octanol–water partition coefficient (Wildman–Crippen LogP) is 3.31. The average Bonchev–Trinajstić information content (AvgIpc) is 2.97. The molecule has 1 saturated heterocycles. The van der Waals surface area contributed by atoms with Crippen LogP contribution in [0.5, 0.6) is 5.75 Å². The van der Waals surface area contributed by atoms with Crippen molar-refractivity contribution in [3.8, 4) is 5.75 Å². The van der Waals surface area contributed by atoms with Gasteiger partial charge in [0.05, 0.1) is 17.9 Å². The molecule has 0 saturated carbocycles. The molecule has 0 aromatic heterocycles. The smallest absolute Gasteiger partial charge is 0.293 e. The van der Waals surface area contributed by atoms with Crippen LogP contribution in [0.15, 0.2) is 65.6 Å². The number of amides is 3. The molecule has 1 N–H and O–H groups in total. The van der Waals surface area contributed by atoms with E-state index in [1.54, 1.807) is 6.08 Å². The lowest BCUT2D eigenvalue weighted by atomic mass is 10.2. The Labute approximate surface area is 167 Å². The van der Waals surface area contributed by atoms with Crippen LogP contribution in [0.2, 0.25) is 0 Å². The fourth-order valence-corrected chi connectivity index (χ4v) is 3.43. The first-order valence-corrected chi connectivity index (χ1v) is 9.70. The molecule has 28 heavy (non-hydrogen) atoms. The van der Waals surface area contributed by atoms with Gasteiger partial charge in [0.2, 0.25) is 5.91 Å². The zero-order valence-electron chi connectivity index (χ0n) is 15.2. The van der Waals surface area contributed by atoms with E-state index in [9.17, 15) is 14.4 Å². The van der Waals surface area contributed by atoms with Crippen LogP contribution in [-0.2, 0) is 9.59 Å². The number of hydrogen-bond acceptors (Lipinski definition) is 5. The molecule has 0 radical (unpaired) electrons. The first-order chi connectivity index (χ1) is 13.6. The summed E-state index contributed by atoms with van der Waals surface area (Å²) in [5.41, 5.74) is 0.861. The van der Waals surface area contributed by atoms with E-state index in [4.69, 9.17) is 4.74 Å². The van der Waals surface area contributed by atoms with Gasteiger partial charge in [0.25, 0.3) is 11.1 Å². The molecule has 2 aromatic rings. The van der Waals surface area contributed by atoms with Crippen molar-refractivity contribution in [2.45, 2.75) is 6.42 Å². The van der Waals surface area contributed by atoms with Crippen molar-refractivity contribution in [2.24, 2.45) is 0 Å². The van der Waals surface area contributed by atoms with Gasteiger partial charge in [-0.2, -0.15) is 0 Å². The van der Waals surface area contributed by atoms with Crippen molar-refractivity contribution in [1.29, 1.82) is 0 Å². The van der Waals surface area contributed by atoms with Gasteiger partial charge < -0.3 is 10.1 Å². The molecule has 144 valence electrons. The molecule has 7 heteroatoms. The minimum absolute atomic E-state index is 0.141. The van der Waals surface area contributed by atoms with Crippen LogP contribution in [0.3, 0.4) is 0 Å². The molecule has 3 amide bonds. The summed E-state index contributed by atoms with van der Waals surface area (Å²) in [6.07, 6.45) is 1.90. The number of benzene rings is 2. The molecular weight excluding hydrogens is 376 g/mol. The SMILES string of the molecule is O=C(CCOc1ccccc1)NCCN1C(=O)S/C(=C/c2ccccc2)C1=O. The number of para-hydroxylation sites is 1. The highest BCUT2D eigenvalue weighted by Gasteiger charge is 2.34. The van der Waals surface area contributed by atoms with Crippen LogP contribution < -0.4 is 10.1 Å². The lowest BCUT2D eigenvalue weighted by molar-refractivity contribution is -0.124. The summed E-state index contributed by atoms with van der Waals surface area (Å²) in [5.74, 6) is 0.182. The van der Waals surface area contributed by atoms with Crippen LogP contribution >= 0.6 is 11.8 Å². The monoisotopic (exact) mass is 396 g/mol. The number of rotatable bonds is 8. The van der Waals surface area contributed by atoms with E-state index in [1.807, 2.05) is 60.7 Å². The lowest BCUT2D eigenvalue weighted by Crippen LogP contribution is -2.37. The van der Waals surface area contributed by atoms with Crippen molar-refractivity contribution < 1.29 is 19.1 Å². The number of nitrogens with zero attached hydrogens (tertiary/aromatic N) is 1. The highest BCUT2D eigenvalue weighted by Crippen LogP contribution is 2.31. The fraction of sp³-hybridized carbons (Fsp3) is 0.190. The van der Waals surface area contributed by atoms with Gasteiger partial charge in [-0.3, -0.25) is 19.3 Å². The van der Waals surface area contributed by atoms with Gasteiger partial charge in [0.1, 0.15) is 5.75 Å². The number of imide groups is 1. The minimum atomic E-state index is -0.333. The van der Waals surface area contributed by atoms with Gasteiger partial charge in [0.15, 0.2) is 0 Å². The first kappa shape index (κ1) is 19.7. The van der Waals surface area contributed by atoms with Gasteiger partial charge in [-0.25, -0.2) is 0 Å². The maximum atomic E-state index is 12.4. The molecule has 0 atom stereocenters. The summed E-state index contributed by atoms with van der Waals surface area (Å²) in [6, 6.07) is 18.6. The molecule has 1 heterocycles. The van der Waals surface area contributed by atoms with Gasteiger partial charge in [0, 0.05) is 13.1 Å². The van der Waals surface area contributed by atoms with E-state index in [0.717, 1.165) is 22.2 Å². The molecule has 1 aliphatic heterocycles. The van der Waals surface area contributed by atoms with Crippen molar-refractivity contribution in [2.75, 3.05) is 19.7 Å². The number of carbonyl (C=O) groups excluding carboxylic acids is 3. The quantitative estimate of drug-likeness (QED) is 0.693. The standard InChI is InChI=1S/C21H20N2O4S/c24-19(11-14-27-17-9-5-2-6-10-17)22-12-13-23-20(25)18(28-21(23)26)15-16-7-3-1-4-8-16/h1-10,15H,11-14H2,(H,22,24)/b18-15+. The molecule has 2 aromatic carbocycles. The van der Waals surface area contributed by atoms with Crippen molar-refractivity contribution in [3.05, 3.63) is 71.1 Å². The van der Waals surface area contributed by atoms with Crippen molar-refractivity contribution >= 4 is 34.9 Å². The maximum absolute atomic E-state index is 12.4. The second kappa shape index (κ2) is 9.75. The Kier molecular flexibility index (Phi) is 6.86. The highest BCUT2D eigenvalue weighted by molar-refractivity contribution is 8.18. The second-order valence-corrected chi connectivity index (χ2v) is 7.00. The number of hydrogen-bond donors (Lipinski definition) is 1. The van der Waals surface area contributed by atoms with Gasteiger partial charge in [-0.05, 0) is 35.5 Å². The Bertz CT molecular complexity index is 868. The third-order valence-corrected chi connectivity index (χ3v) is 4.88. The van der Waals surface area contributed by atoms with Gasteiger partial charge in [-0.15, -0.1) is 0 Å². The van der Waals surface area contributed by atoms with Crippen LogP contribution in [0, 0.1) is 0 Å². The predicted molar refractivity (Wildman–Crippen MR) is 109 cm³/mol. The van der Waals surface area contributed by atoms with E-state index in [2.05, 4.69) is 5.32 Å². The minimum Gasteiger partial charge on any atom is -0.493 e. The normalized spacial score (nSPS) is 15.1. The zero-order valence-corrected chi connectivity index (χ0v) is 16.0. The molecule has 0 bridgehead atoms. The molecule has 1 fully saturated rings. The molecule has 6 nitrogen and oxygen atoms in total. The topological polar surface area (TPSA) is 75.7 Å². The number of carbonyl (C=O) groups is 3. The Morgan fingerprint density at radius 3 is 2.43 bits per heavy atom. The molecular formula is C21H20N2O4S. The average molecular weight is 396 g/mol. The summed E-state index contributed by atoms with van der Waals surface area (Å²) in [4.78, 5) is 37.9. The second-order valence-electron chi connectivity index (χ2n) is 6.01. The Morgan fingerprint density at radius 1 is 1.04 bits per heavy atom. The first-order valence-electron chi connectivity index (χ1n) is 8.88. The van der Waals surface area contributed by atoms with Crippen LogP contribution in [0.25, 0.3) is 6.08 Å². The lowest BCUT2D eigenvalue weighted by Gasteiger charge is -2.13. The van der Waals surface area contributed by atoms with E-state index in [0.29, 0.717) is 10.7 Å². The third-order valence-electron chi connectivity index (χ3n) is 3.97. The Morgan fingerprint density at radius 2 is 1.71 bits per heavy atom. The number of ether oxygens (including phenoxy) is 1. The molecule has 0 unspecified atom stereocenters. The Balaban J connectivity index is 1.41. The number of nitrogens with one attached hydrogen (secondary N) is 1. The third kappa shape index (κ3) is 5.47.